The maximum Gasteiger partial charge on any atom is 0.227 e. The topological polar surface area (TPSA) is 58.8 Å². The molecule has 1 saturated carbocycles. The zero-order chi connectivity index (χ0) is 14.9. The Morgan fingerprint density at radius 1 is 1.13 bits per heavy atom. The van der Waals surface area contributed by atoms with Crippen molar-refractivity contribution in [2.45, 2.75) is 50.6 Å². The molecular formula is C16H31Cl2N3O2. The van der Waals surface area contributed by atoms with Crippen molar-refractivity contribution < 1.29 is 9.53 Å². The van der Waals surface area contributed by atoms with Crippen molar-refractivity contribution in [3.05, 3.63) is 0 Å². The zero-order valence-electron chi connectivity index (χ0n) is 14.0. The van der Waals surface area contributed by atoms with E-state index in [1.54, 1.807) is 0 Å². The van der Waals surface area contributed by atoms with Crippen LogP contribution in [0.2, 0.25) is 0 Å². The second-order valence-electron chi connectivity index (χ2n) is 7.18. The normalized spacial score (nSPS) is 35.3. The minimum Gasteiger partial charge on any atom is -0.379 e. The molecule has 1 amide bonds. The number of likely N-dealkylation sites (tertiary alicyclic amines) is 1. The lowest BCUT2D eigenvalue weighted by Gasteiger charge is -2.39. The molecule has 3 aliphatic rings. The summed E-state index contributed by atoms with van der Waals surface area (Å²) >= 11 is 0. The summed E-state index contributed by atoms with van der Waals surface area (Å²) in [5, 5.41) is 0. The number of amides is 1. The van der Waals surface area contributed by atoms with E-state index in [2.05, 4.69) is 16.7 Å². The van der Waals surface area contributed by atoms with Crippen LogP contribution in [0, 0.1) is 5.92 Å². The van der Waals surface area contributed by atoms with Gasteiger partial charge in [0, 0.05) is 37.8 Å². The van der Waals surface area contributed by atoms with Gasteiger partial charge in [-0.05, 0) is 26.2 Å². The molecule has 0 spiro atoms. The van der Waals surface area contributed by atoms with E-state index in [9.17, 15) is 4.79 Å². The molecule has 3 unspecified atom stereocenters. The van der Waals surface area contributed by atoms with Crippen LogP contribution < -0.4 is 5.73 Å². The average molecular weight is 368 g/mol. The maximum atomic E-state index is 12.8. The molecule has 3 rings (SSSR count). The van der Waals surface area contributed by atoms with Gasteiger partial charge in [0.15, 0.2) is 0 Å². The Bertz CT molecular complexity index is 390. The largest absolute Gasteiger partial charge is 0.379 e. The fourth-order valence-electron chi connectivity index (χ4n) is 4.17. The predicted molar refractivity (Wildman–Crippen MR) is 96.4 cm³/mol. The summed E-state index contributed by atoms with van der Waals surface area (Å²) in [6.45, 7) is 7.50. The van der Waals surface area contributed by atoms with Crippen LogP contribution >= 0.6 is 24.8 Å². The Kier molecular flexibility index (Phi) is 8.08. The molecule has 2 saturated heterocycles. The van der Waals surface area contributed by atoms with Gasteiger partial charge in [0.25, 0.3) is 0 Å². The highest BCUT2D eigenvalue weighted by Crippen LogP contribution is 2.34. The number of nitrogens with zero attached hydrogens (tertiary/aromatic N) is 2. The molecular weight excluding hydrogens is 337 g/mol. The van der Waals surface area contributed by atoms with Crippen LogP contribution in [-0.4, -0.2) is 66.7 Å². The summed E-state index contributed by atoms with van der Waals surface area (Å²) in [5.41, 5.74) is 6.08. The number of morpholine rings is 1. The number of carbonyl (C=O) groups excluding carboxylic acids is 1. The molecule has 1 aliphatic carbocycles. The predicted octanol–water partition coefficient (Wildman–Crippen LogP) is 1.67. The van der Waals surface area contributed by atoms with Crippen LogP contribution in [0.1, 0.15) is 39.0 Å². The van der Waals surface area contributed by atoms with Crippen molar-refractivity contribution in [1.29, 1.82) is 0 Å². The number of ether oxygens (including phenoxy) is 1. The Morgan fingerprint density at radius 3 is 2.48 bits per heavy atom. The van der Waals surface area contributed by atoms with Crippen LogP contribution in [0.25, 0.3) is 0 Å². The molecule has 0 aromatic heterocycles. The van der Waals surface area contributed by atoms with Gasteiger partial charge in [-0.25, -0.2) is 0 Å². The Labute approximate surface area is 152 Å². The molecule has 5 nitrogen and oxygen atoms in total. The summed E-state index contributed by atoms with van der Waals surface area (Å²) in [7, 11) is 0. The number of hydrogen-bond donors (Lipinski definition) is 1. The number of carbonyl (C=O) groups is 1. The minimum absolute atomic E-state index is 0. The standard InChI is InChI=1S/C16H29N3O2.2ClH/c1-16(17)6-3-2-4-14(16)15(20)19-7-5-13(12-19)18-8-10-21-11-9-18;;/h13-14H,2-12,17H2,1H3;2*1H. The van der Waals surface area contributed by atoms with Crippen molar-refractivity contribution in [1.82, 2.24) is 9.80 Å². The molecule has 2 heterocycles. The smallest absolute Gasteiger partial charge is 0.227 e. The first-order valence-corrected chi connectivity index (χ1v) is 8.47. The molecule has 3 fully saturated rings. The molecule has 23 heavy (non-hydrogen) atoms. The van der Waals surface area contributed by atoms with E-state index in [4.69, 9.17) is 10.5 Å². The molecule has 7 heteroatoms. The molecule has 2 N–H and O–H groups in total. The maximum absolute atomic E-state index is 12.8. The summed E-state index contributed by atoms with van der Waals surface area (Å²) in [6, 6.07) is 0.519. The second kappa shape index (κ2) is 8.86. The van der Waals surface area contributed by atoms with Crippen LogP contribution in [-0.2, 0) is 9.53 Å². The molecule has 136 valence electrons. The van der Waals surface area contributed by atoms with E-state index < -0.39 is 0 Å². The van der Waals surface area contributed by atoms with Gasteiger partial charge in [0.05, 0.1) is 19.1 Å². The first-order valence-electron chi connectivity index (χ1n) is 8.47. The van der Waals surface area contributed by atoms with E-state index in [0.717, 1.165) is 71.5 Å². The van der Waals surface area contributed by atoms with E-state index in [-0.39, 0.29) is 36.3 Å². The zero-order valence-corrected chi connectivity index (χ0v) is 15.7. The van der Waals surface area contributed by atoms with Crippen LogP contribution in [0.4, 0.5) is 0 Å². The average Bonchev–Trinajstić information content (AvgIpc) is 2.97. The minimum atomic E-state index is -0.313. The van der Waals surface area contributed by atoms with Crippen LogP contribution in [0.3, 0.4) is 0 Å². The van der Waals surface area contributed by atoms with Crippen LogP contribution in [0.5, 0.6) is 0 Å². The quantitative estimate of drug-likeness (QED) is 0.806. The molecule has 3 atom stereocenters. The van der Waals surface area contributed by atoms with Gasteiger partial charge in [0.1, 0.15) is 0 Å². The molecule has 0 bridgehead atoms. The molecule has 2 aliphatic heterocycles. The van der Waals surface area contributed by atoms with Crippen molar-refractivity contribution in [3.63, 3.8) is 0 Å². The van der Waals surface area contributed by atoms with E-state index in [0.29, 0.717) is 11.9 Å². The number of rotatable bonds is 2. The third-order valence-corrected chi connectivity index (χ3v) is 5.59. The number of hydrogen-bond acceptors (Lipinski definition) is 4. The van der Waals surface area contributed by atoms with Gasteiger partial charge >= 0.3 is 0 Å². The van der Waals surface area contributed by atoms with Crippen LogP contribution in [0.15, 0.2) is 0 Å². The van der Waals surface area contributed by atoms with Crippen molar-refractivity contribution >= 4 is 30.7 Å². The summed E-state index contributed by atoms with van der Waals surface area (Å²) in [5.74, 6) is 0.324. The fraction of sp³-hybridized carbons (Fsp3) is 0.938. The van der Waals surface area contributed by atoms with E-state index >= 15 is 0 Å². The lowest BCUT2D eigenvalue weighted by Crippen LogP contribution is -2.54. The first kappa shape index (κ1) is 21.0. The third-order valence-electron chi connectivity index (χ3n) is 5.59. The third kappa shape index (κ3) is 4.73. The Balaban J connectivity index is 0.00000132. The highest BCUT2D eigenvalue weighted by Gasteiger charge is 2.42. The Hall–Kier alpha value is -0.0700. The highest BCUT2D eigenvalue weighted by molar-refractivity contribution is 5.85. The lowest BCUT2D eigenvalue weighted by molar-refractivity contribution is -0.138. The SMILES string of the molecule is CC1(N)CCCCC1C(=O)N1CCC(N2CCOCC2)C1.Cl.Cl. The van der Waals surface area contributed by atoms with Crippen molar-refractivity contribution in [3.8, 4) is 0 Å². The molecule has 0 aromatic carbocycles. The van der Waals surface area contributed by atoms with Crippen molar-refractivity contribution in [2.24, 2.45) is 11.7 Å². The fourth-order valence-corrected chi connectivity index (χ4v) is 4.17. The summed E-state index contributed by atoms with van der Waals surface area (Å²) < 4.78 is 5.42. The monoisotopic (exact) mass is 367 g/mol. The second-order valence-corrected chi connectivity index (χ2v) is 7.18. The van der Waals surface area contributed by atoms with Gasteiger partial charge in [0.2, 0.25) is 5.91 Å². The van der Waals surface area contributed by atoms with Gasteiger partial charge in [-0.15, -0.1) is 24.8 Å². The van der Waals surface area contributed by atoms with E-state index in [1.165, 1.54) is 0 Å². The first-order chi connectivity index (χ1) is 10.1. The lowest BCUT2D eigenvalue weighted by atomic mass is 9.74. The van der Waals surface area contributed by atoms with Gasteiger partial charge in [-0.3, -0.25) is 9.69 Å². The molecule has 0 aromatic rings. The van der Waals surface area contributed by atoms with Gasteiger partial charge in [-0.2, -0.15) is 0 Å². The van der Waals surface area contributed by atoms with E-state index in [1.807, 2.05) is 0 Å². The number of halogens is 2. The molecule has 0 radical (unpaired) electrons. The van der Waals surface area contributed by atoms with Gasteiger partial charge < -0.3 is 15.4 Å². The van der Waals surface area contributed by atoms with Crippen molar-refractivity contribution in [2.75, 3.05) is 39.4 Å². The highest BCUT2D eigenvalue weighted by atomic mass is 35.5. The Morgan fingerprint density at radius 2 is 1.83 bits per heavy atom. The van der Waals surface area contributed by atoms with Gasteiger partial charge in [-0.1, -0.05) is 12.8 Å². The number of nitrogens with two attached hydrogens (primary N) is 1. The summed E-state index contributed by atoms with van der Waals surface area (Å²) in [4.78, 5) is 17.4. The summed E-state index contributed by atoms with van der Waals surface area (Å²) in [6.07, 6.45) is 5.34.